The van der Waals surface area contributed by atoms with Gasteiger partial charge in [0.15, 0.2) is 0 Å². The molecule has 0 aromatic heterocycles. The van der Waals surface area contributed by atoms with Gasteiger partial charge >= 0.3 is 0 Å². The highest BCUT2D eigenvalue weighted by atomic mass is 35.5. The summed E-state index contributed by atoms with van der Waals surface area (Å²) in [7, 11) is 0. The number of halogens is 2. The minimum Gasteiger partial charge on any atom is -0.327 e. The Bertz CT molecular complexity index is 384. The molecule has 0 bridgehead atoms. The van der Waals surface area contributed by atoms with Gasteiger partial charge in [-0.15, -0.1) is 0 Å². The van der Waals surface area contributed by atoms with Gasteiger partial charge in [-0.25, -0.2) is 4.39 Å². The Kier molecular flexibility index (Phi) is 4.71. The third-order valence-corrected chi connectivity index (χ3v) is 2.41. The molecule has 1 aromatic carbocycles. The van der Waals surface area contributed by atoms with E-state index in [0.717, 1.165) is 0 Å². The normalized spacial score (nSPS) is 12.2. The van der Waals surface area contributed by atoms with Gasteiger partial charge in [0, 0.05) is 17.5 Å². The fourth-order valence-electron chi connectivity index (χ4n) is 1.18. The van der Waals surface area contributed by atoms with Crippen LogP contribution in [-0.4, -0.2) is 11.9 Å². The molecule has 0 radical (unpaired) electrons. The summed E-state index contributed by atoms with van der Waals surface area (Å²) in [6, 6.07) is 3.79. The van der Waals surface area contributed by atoms with Crippen molar-refractivity contribution in [1.29, 1.82) is 0 Å². The summed E-state index contributed by atoms with van der Waals surface area (Å²) in [6.07, 6.45) is 0.869. The predicted molar refractivity (Wildman–Crippen MR) is 62.9 cm³/mol. The first-order valence-electron chi connectivity index (χ1n) is 5.03. The molecule has 1 unspecified atom stereocenters. The second-order valence-corrected chi connectivity index (χ2v) is 3.98. The highest BCUT2D eigenvalue weighted by molar-refractivity contribution is 6.30. The summed E-state index contributed by atoms with van der Waals surface area (Å²) >= 11 is 5.69. The number of rotatable bonds is 4. The number of nitrogens with two attached hydrogens (primary N) is 1. The molecule has 1 atom stereocenters. The quantitative estimate of drug-likeness (QED) is 0.855. The van der Waals surface area contributed by atoms with E-state index in [-0.39, 0.29) is 24.1 Å². The Labute approximate surface area is 98.8 Å². The number of hydrogen-bond acceptors (Lipinski definition) is 2. The molecule has 0 aliphatic carbocycles. The van der Waals surface area contributed by atoms with E-state index < -0.39 is 5.82 Å². The standard InChI is InChI=1S/C11H14ClFN2O/c1-2-8(14)6-11(16)15-10-5-7(12)3-4-9(10)13/h3-5,8H,2,6,14H2,1H3,(H,15,16). The average Bonchev–Trinajstić information content (AvgIpc) is 2.23. The Morgan fingerprint density at radius 3 is 2.94 bits per heavy atom. The van der Waals surface area contributed by atoms with Crippen LogP contribution in [0.5, 0.6) is 0 Å². The van der Waals surface area contributed by atoms with E-state index in [2.05, 4.69) is 5.32 Å². The number of carbonyl (C=O) groups excluding carboxylic acids is 1. The van der Waals surface area contributed by atoms with Crippen molar-refractivity contribution in [2.75, 3.05) is 5.32 Å². The summed E-state index contributed by atoms with van der Waals surface area (Å²) in [5.74, 6) is -0.821. The number of hydrogen-bond donors (Lipinski definition) is 2. The summed E-state index contributed by atoms with van der Waals surface area (Å²) < 4.78 is 13.2. The lowest BCUT2D eigenvalue weighted by molar-refractivity contribution is -0.116. The molecule has 88 valence electrons. The van der Waals surface area contributed by atoms with Crippen molar-refractivity contribution in [3.8, 4) is 0 Å². The Hall–Kier alpha value is -1.13. The molecule has 3 nitrogen and oxygen atoms in total. The molecule has 1 rings (SSSR count). The van der Waals surface area contributed by atoms with Crippen LogP contribution < -0.4 is 11.1 Å². The first-order chi connectivity index (χ1) is 7.52. The molecule has 0 saturated heterocycles. The van der Waals surface area contributed by atoms with Gasteiger partial charge in [-0.1, -0.05) is 18.5 Å². The van der Waals surface area contributed by atoms with E-state index in [4.69, 9.17) is 17.3 Å². The molecule has 0 fully saturated rings. The van der Waals surface area contributed by atoms with Gasteiger partial charge in [0.05, 0.1) is 5.69 Å². The lowest BCUT2D eigenvalue weighted by Gasteiger charge is -2.10. The van der Waals surface area contributed by atoms with Crippen LogP contribution in [0, 0.1) is 5.82 Å². The average molecular weight is 245 g/mol. The Morgan fingerprint density at radius 2 is 2.31 bits per heavy atom. The van der Waals surface area contributed by atoms with E-state index in [1.807, 2.05) is 6.92 Å². The monoisotopic (exact) mass is 244 g/mol. The van der Waals surface area contributed by atoms with Crippen molar-refractivity contribution in [3.63, 3.8) is 0 Å². The van der Waals surface area contributed by atoms with Crippen molar-refractivity contribution in [3.05, 3.63) is 29.0 Å². The summed E-state index contributed by atoms with van der Waals surface area (Å²) in [4.78, 5) is 11.4. The molecular formula is C11H14ClFN2O. The van der Waals surface area contributed by atoms with Gasteiger partial charge in [-0.2, -0.15) is 0 Å². The first-order valence-corrected chi connectivity index (χ1v) is 5.41. The lowest BCUT2D eigenvalue weighted by atomic mass is 10.1. The van der Waals surface area contributed by atoms with Crippen LogP contribution in [0.4, 0.5) is 10.1 Å². The molecule has 1 amide bonds. The highest BCUT2D eigenvalue weighted by Gasteiger charge is 2.10. The van der Waals surface area contributed by atoms with Crippen molar-refractivity contribution < 1.29 is 9.18 Å². The molecule has 0 aliphatic rings. The fraction of sp³-hybridized carbons (Fsp3) is 0.364. The fourth-order valence-corrected chi connectivity index (χ4v) is 1.35. The summed E-state index contributed by atoms with van der Waals surface area (Å²) in [5.41, 5.74) is 5.70. The zero-order valence-corrected chi connectivity index (χ0v) is 9.72. The SMILES string of the molecule is CCC(N)CC(=O)Nc1cc(Cl)ccc1F. The van der Waals surface area contributed by atoms with Gasteiger partial charge in [0.25, 0.3) is 0 Å². The number of benzene rings is 1. The maximum absolute atomic E-state index is 13.2. The number of anilines is 1. The molecule has 1 aromatic rings. The second kappa shape index (κ2) is 5.82. The maximum Gasteiger partial charge on any atom is 0.226 e. The lowest BCUT2D eigenvalue weighted by Crippen LogP contribution is -2.26. The zero-order valence-electron chi connectivity index (χ0n) is 8.97. The smallest absolute Gasteiger partial charge is 0.226 e. The Morgan fingerprint density at radius 1 is 1.62 bits per heavy atom. The molecular weight excluding hydrogens is 231 g/mol. The van der Waals surface area contributed by atoms with E-state index in [1.165, 1.54) is 18.2 Å². The van der Waals surface area contributed by atoms with Gasteiger partial charge in [-0.3, -0.25) is 4.79 Å². The van der Waals surface area contributed by atoms with Crippen molar-refractivity contribution in [2.45, 2.75) is 25.8 Å². The van der Waals surface area contributed by atoms with Crippen molar-refractivity contribution in [2.24, 2.45) is 5.73 Å². The number of amides is 1. The van der Waals surface area contributed by atoms with Crippen LogP contribution in [0.15, 0.2) is 18.2 Å². The largest absolute Gasteiger partial charge is 0.327 e. The summed E-state index contributed by atoms with van der Waals surface area (Å²) in [5, 5.41) is 2.81. The van der Waals surface area contributed by atoms with Crippen LogP contribution in [0.25, 0.3) is 0 Å². The third kappa shape index (κ3) is 3.79. The minimum absolute atomic E-state index is 0.0841. The van der Waals surface area contributed by atoms with Gasteiger partial charge < -0.3 is 11.1 Å². The first kappa shape index (κ1) is 12.9. The van der Waals surface area contributed by atoms with Gasteiger partial charge in [-0.05, 0) is 24.6 Å². The number of nitrogens with one attached hydrogen (secondary N) is 1. The van der Waals surface area contributed by atoms with Crippen LogP contribution in [0.2, 0.25) is 5.02 Å². The third-order valence-electron chi connectivity index (χ3n) is 2.17. The predicted octanol–water partition coefficient (Wildman–Crippen LogP) is 2.54. The second-order valence-electron chi connectivity index (χ2n) is 3.54. The topological polar surface area (TPSA) is 55.1 Å². The highest BCUT2D eigenvalue weighted by Crippen LogP contribution is 2.19. The van der Waals surface area contributed by atoms with Crippen molar-refractivity contribution in [1.82, 2.24) is 0 Å². The summed E-state index contributed by atoms with van der Waals surface area (Å²) in [6.45, 7) is 1.89. The molecule has 3 N–H and O–H groups in total. The van der Waals surface area contributed by atoms with Crippen LogP contribution >= 0.6 is 11.6 Å². The van der Waals surface area contributed by atoms with Crippen LogP contribution in [0.1, 0.15) is 19.8 Å². The van der Waals surface area contributed by atoms with E-state index in [9.17, 15) is 9.18 Å². The van der Waals surface area contributed by atoms with E-state index in [0.29, 0.717) is 11.4 Å². The van der Waals surface area contributed by atoms with Gasteiger partial charge in [0.2, 0.25) is 5.91 Å². The molecule has 0 heterocycles. The van der Waals surface area contributed by atoms with E-state index in [1.54, 1.807) is 0 Å². The zero-order chi connectivity index (χ0) is 12.1. The van der Waals surface area contributed by atoms with E-state index >= 15 is 0 Å². The van der Waals surface area contributed by atoms with Crippen LogP contribution in [0.3, 0.4) is 0 Å². The van der Waals surface area contributed by atoms with Crippen LogP contribution in [-0.2, 0) is 4.79 Å². The molecule has 5 heteroatoms. The molecule has 16 heavy (non-hydrogen) atoms. The molecule has 0 spiro atoms. The number of carbonyl (C=O) groups is 1. The van der Waals surface area contributed by atoms with Crippen molar-refractivity contribution >= 4 is 23.2 Å². The minimum atomic E-state index is -0.511. The van der Waals surface area contributed by atoms with Gasteiger partial charge in [0.1, 0.15) is 5.82 Å². The maximum atomic E-state index is 13.2. The molecule has 0 saturated carbocycles. The molecule has 0 aliphatic heterocycles. The Balaban J connectivity index is 2.65.